The van der Waals surface area contributed by atoms with Crippen LogP contribution >= 0.6 is 23.2 Å². The Balaban J connectivity index is 2.05. The minimum atomic E-state index is -4.19. The summed E-state index contributed by atoms with van der Waals surface area (Å²) < 4.78 is 34.2. The largest absolute Gasteiger partial charge is 0.494 e. The third-order valence-corrected chi connectivity index (χ3v) is 8.31. The van der Waals surface area contributed by atoms with E-state index >= 15 is 0 Å². The van der Waals surface area contributed by atoms with Crippen molar-refractivity contribution >= 4 is 50.7 Å². The summed E-state index contributed by atoms with van der Waals surface area (Å²) >= 11 is 12.0. The van der Waals surface area contributed by atoms with E-state index in [1.807, 2.05) is 6.92 Å². The van der Waals surface area contributed by atoms with Crippen molar-refractivity contribution in [2.24, 2.45) is 0 Å². The van der Waals surface area contributed by atoms with Crippen LogP contribution in [0.25, 0.3) is 0 Å². The lowest BCUT2D eigenvalue weighted by Gasteiger charge is -2.33. The van der Waals surface area contributed by atoms with Gasteiger partial charge in [-0.2, -0.15) is 0 Å². The Morgan fingerprint density at radius 3 is 1.97 bits per heavy atom. The molecule has 1 N–H and O–H groups in total. The molecule has 0 saturated carbocycles. The first-order valence-corrected chi connectivity index (χ1v) is 14.6. The minimum absolute atomic E-state index is 0.0313. The summed E-state index contributed by atoms with van der Waals surface area (Å²) in [6.45, 7) is 3.62. The number of amides is 2. The van der Waals surface area contributed by atoms with Gasteiger partial charge in [-0.25, -0.2) is 8.42 Å². The van der Waals surface area contributed by atoms with E-state index in [0.29, 0.717) is 28.8 Å². The monoisotopic (exact) mass is 591 g/mol. The highest BCUT2D eigenvalue weighted by Gasteiger charge is 2.33. The van der Waals surface area contributed by atoms with E-state index in [1.165, 1.54) is 36.2 Å². The smallest absolute Gasteiger partial charge is 0.264 e. The fraction of sp³-hybridized carbons (Fsp3) is 0.286. The number of hydrogen-bond donors (Lipinski definition) is 1. The summed E-state index contributed by atoms with van der Waals surface area (Å²) in [6, 6.07) is 18.2. The first kappa shape index (κ1) is 30.3. The third-order valence-electron chi connectivity index (χ3n) is 6.01. The van der Waals surface area contributed by atoms with Gasteiger partial charge in [0.25, 0.3) is 10.0 Å². The molecule has 3 aromatic rings. The SMILES string of the molecule is CCOc1ccc(N(CC(=O)N(Cc2ccc(Cl)cc2)[C@H](CC)C(=O)NC)S(=O)(=O)c2ccc(Cl)cc2)cc1. The van der Waals surface area contributed by atoms with E-state index in [4.69, 9.17) is 27.9 Å². The van der Waals surface area contributed by atoms with Crippen LogP contribution in [0.15, 0.2) is 77.7 Å². The molecule has 0 spiro atoms. The molecule has 39 heavy (non-hydrogen) atoms. The highest BCUT2D eigenvalue weighted by atomic mass is 35.5. The number of hydrogen-bond acceptors (Lipinski definition) is 5. The first-order chi connectivity index (χ1) is 18.6. The lowest BCUT2D eigenvalue weighted by atomic mass is 10.1. The summed E-state index contributed by atoms with van der Waals surface area (Å²) in [7, 11) is -2.70. The van der Waals surface area contributed by atoms with Gasteiger partial charge in [-0.3, -0.25) is 13.9 Å². The summed E-state index contributed by atoms with van der Waals surface area (Å²) in [5, 5.41) is 3.51. The average Bonchev–Trinajstić information content (AvgIpc) is 2.93. The molecule has 0 bridgehead atoms. The van der Waals surface area contributed by atoms with Gasteiger partial charge in [0.2, 0.25) is 11.8 Å². The molecule has 0 saturated heterocycles. The zero-order valence-electron chi connectivity index (χ0n) is 21.9. The van der Waals surface area contributed by atoms with Gasteiger partial charge in [-0.05, 0) is 79.6 Å². The van der Waals surface area contributed by atoms with E-state index in [2.05, 4.69) is 5.32 Å². The van der Waals surface area contributed by atoms with Crippen LogP contribution in [-0.2, 0) is 26.2 Å². The van der Waals surface area contributed by atoms with E-state index in [9.17, 15) is 18.0 Å². The van der Waals surface area contributed by atoms with Crippen LogP contribution < -0.4 is 14.4 Å². The number of halogens is 2. The van der Waals surface area contributed by atoms with Gasteiger partial charge in [0.15, 0.2) is 0 Å². The Kier molecular flexibility index (Phi) is 10.6. The molecule has 0 aliphatic carbocycles. The Labute approximate surface area is 239 Å². The number of carbonyl (C=O) groups excluding carboxylic acids is 2. The lowest BCUT2D eigenvalue weighted by Crippen LogP contribution is -2.51. The molecule has 0 heterocycles. The van der Waals surface area contributed by atoms with Crippen molar-refractivity contribution in [3.05, 3.63) is 88.4 Å². The second kappa shape index (κ2) is 13.7. The van der Waals surface area contributed by atoms with Gasteiger partial charge in [0, 0.05) is 23.6 Å². The molecule has 1 atom stereocenters. The molecule has 11 heteroatoms. The van der Waals surface area contributed by atoms with E-state index in [-0.39, 0.29) is 23.0 Å². The fourth-order valence-electron chi connectivity index (χ4n) is 4.01. The quantitative estimate of drug-likeness (QED) is 0.314. The molecule has 3 rings (SSSR count). The van der Waals surface area contributed by atoms with Crippen molar-refractivity contribution in [2.75, 3.05) is 24.5 Å². The highest BCUT2D eigenvalue weighted by molar-refractivity contribution is 7.92. The topological polar surface area (TPSA) is 96.0 Å². The number of rotatable bonds is 12. The summed E-state index contributed by atoms with van der Waals surface area (Å²) in [6.07, 6.45) is 0.325. The summed E-state index contributed by atoms with van der Waals surface area (Å²) in [5.41, 5.74) is 1.00. The fourth-order valence-corrected chi connectivity index (χ4v) is 5.68. The maximum Gasteiger partial charge on any atom is 0.264 e. The highest BCUT2D eigenvalue weighted by Crippen LogP contribution is 2.27. The van der Waals surface area contributed by atoms with Crippen molar-refractivity contribution in [2.45, 2.75) is 37.8 Å². The Bertz CT molecular complexity index is 1370. The van der Waals surface area contributed by atoms with Crippen molar-refractivity contribution in [1.29, 1.82) is 0 Å². The van der Waals surface area contributed by atoms with Gasteiger partial charge in [0.05, 0.1) is 17.2 Å². The van der Waals surface area contributed by atoms with Crippen LogP contribution in [0.4, 0.5) is 5.69 Å². The normalized spacial score (nSPS) is 11.9. The molecule has 3 aromatic carbocycles. The molecule has 0 radical (unpaired) electrons. The maximum atomic E-state index is 13.9. The standard InChI is InChI=1S/C28H31Cl2N3O5S/c1-4-26(28(35)31-3)32(18-20-6-8-21(29)9-7-20)27(34)19-33(23-12-14-24(15-13-23)38-5-2)39(36,37)25-16-10-22(30)11-17-25/h6-17,26H,4-5,18-19H2,1-3H3,(H,31,35)/t26-/m1/s1. The van der Waals surface area contributed by atoms with Crippen LogP contribution in [0.3, 0.4) is 0 Å². The predicted molar refractivity (Wildman–Crippen MR) is 154 cm³/mol. The molecule has 0 aromatic heterocycles. The number of carbonyl (C=O) groups is 2. The Morgan fingerprint density at radius 2 is 1.46 bits per heavy atom. The van der Waals surface area contributed by atoms with Gasteiger partial charge >= 0.3 is 0 Å². The van der Waals surface area contributed by atoms with Crippen LogP contribution in [0.2, 0.25) is 10.0 Å². The molecule has 208 valence electrons. The van der Waals surface area contributed by atoms with Gasteiger partial charge in [0.1, 0.15) is 18.3 Å². The molecular weight excluding hydrogens is 561 g/mol. The summed E-state index contributed by atoms with van der Waals surface area (Å²) in [5.74, 6) is -0.341. The number of ether oxygens (including phenoxy) is 1. The van der Waals surface area contributed by atoms with Crippen molar-refractivity contribution in [1.82, 2.24) is 10.2 Å². The van der Waals surface area contributed by atoms with Gasteiger partial charge in [-0.15, -0.1) is 0 Å². The van der Waals surface area contributed by atoms with E-state index < -0.39 is 28.5 Å². The second-order valence-corrected chi connectivity index (χ2v) is 11.3. The Morgan fingerprint density at radius 1 is 0.897 bits per heavy atom. The van der Waals surface area contributed by atoms with E-state index in [1.54, 1.807) is 55.5 Å². The molecular formula is C28H31Cl2N3O5S. The molecule has 2 amide bonds. The number of nitrogens with one attached hydrogen (secondary N) is 1. The average molecular weight is 593 g/mol. The number of benzene rings is 3. The maximum absolute atomic E-state index is 13.9. The zero-order chi connectivity index (χ0) is 28.6. The molecule has 8 nitrogen and oxygen atoms in total. The van der Waals surface area contributed by atoms with E-state index in [0.717, 1.165) is 9.87 Å². The number of sulfonamides is 1. The van der Waals surface area contributed by atoms with Gasteiger partial charge < -0.3 is 15.0 Å². The minimum Gasteiger partial charge on any atom is -0.494 e. The van der Waals surface area contributed by atoms with Gasteiger partial charge in [-0.1, -0.05) is 42.3 Å². The molecule has 0 aliphatic heterocycles. The van der Waals surface area contributed by atoms with Crippen LogP contribution in [0.1, 0.15) is 25.8 Å². The number of nitrogens with zero attached hydrogens (tertiary/aromatic N) is 2. The van der Waals surface area contributed by atoms with Crippen molar-refractivity contribution in [3.63, 3.8) is 0 Å². The van der Waals surface area contributed by atoms with Crippen molar-refractivity contribution in [3.8, 4) is 5.75 Å². The van der Waals surface area contributed by atoms with Crippen LogP contribution in [-0.4, -0.2) is 51.4 Å². The van der Waals surface area contributed by atoms with Crippen molar-refractivity contribution < 1.29 is 22.7 Å². The predicted octanol–water partition coefficient (Wildman–Crippen LogP) is 5.14. The molecule has 0 unspecified atom stereocenters. The number of anilines is 1. The molecule has 0 aliphatic rings. The second-order valence-electron chi connectivity index (χ2n) is 8.58. The molecule has 0 fully saturated rings. The Hall–Kier alpha value is -3.27. The summed E-state index contributed by atoms with van der Waals surface area (Å²) in [4.78, 5) is 28.0. The van der Waals surface area contributed by atoms with Crippen LogP contribution in [0.5, 0.6) is 5.75 Å². The first-order valence-electron chi connectivity index (χ1n) is 12.4. The lowest BCUT2D eigenvalue weighted by molar-refractivity contribution is -0.140. The zero-order valence-corrected chi connectivity index (χ0v) is 24.3. The van der Waals surface area contributed by atoms with Crippen LogP contribution in [0, 0.1) is 0 Å². The number of likely N-dealkylation sites (N-methyl/N-ethyl adjacent to an activating group) is 1. The third kappa shape index (κ3) is 7.65.